The largest absolute Gasteiger partial charge is 0.373 e. The maximum absolute atomic E-state index is 13.0. The minimum absolute atomic E-state index is 0.0786. The fourth-order valence-electron chi connectivity index (χ4n) is 5.28. The molecule has 6 nitrogen and oxygen atoms in total. The Morgan fingerprint density at radius 1 is 1.00 bits per heavy atom. The lowest BCUT2D eigenvalue weighted by Gasteiger charge is -2.40. The summed E-state index contributed by atoms with van der Waals surface area (Å²) in [5.74, 6) is 1.18. The van der Waals surface area contributed by atoms with Crippen molar-refractivity contribution in [3.05, 3.63) is 22.4 Å². The van der Waals surface area contributed by atoms with Crippen LogP contribution in [0.2, 0.25) is 0 Å². The van der Waals surface area contributed by atoms with Crippen molar-refractivity contribution in [2.24, 2.45) is 11.8 Å². The minimum atomic E-state index is 0.0786. The van der Waals surface area contributed by atoms with E-state index in [1.165, 1.54) is 11.3 Å². The summed E-state index contributed by atoms with van der Waals surface area (Å²) < 4.78 is 5.85. The van der Waals surface area contributed by atoms with Crippen LogP contribution in [0.25, 0.3) is 0 Å². The maximum atomic E-state index is 13.0. The zero-order valence-corrected chi connectivity index (χ0v) is 19.1. The third kappa shape index (κ3) is 5.24. The number of hydrogen-bond acceptors (Lipinski definition) is 5. The van der Waals surface area contributed by atoms with Gasteiger partial charge in [-0.2, -0.15) is 0 Å². The number of carbonyl (C=O) groups excluding carboxylic acids is 2. The molecule has 7 heteroatoms. The average Bonchev–Trinajstić information content (AvgIpc) is 3.28. The Balaban J connectivity index is 1.20. The highest BCUT2D eigenvalue weighted by molar-refractivity contribution is 7.12. The molecule has 30 heavy (non-hydrogen) atoms. The van der Waals surface area contributed by atoms with Crippen molar-refractivity contribution in [1.82, 2.24) is 14.7 Å². The van der Waals surface area contributed by atoms with Crippen LogP contribution in [0.5, 0.6) is 0 Å². The molecule has 2 unspecified atom stereocenters. The van der Waals surface area contributed by atoms with Gasteiger partial charge in [0, 0.05) is 51.7 Å². The van der Waals surface area contributed by atoms with Crippen molar-refractivity contribution in [3.8, 4) is 0 Å². The van der Waals surface area contributed by atoms with Gasteiger partial charge in [0.05, 0.1) is 17.1 Å². The first-order valence-corrected chi connectivity index (χ1v) is 12.4. The van der Waals surface area contributed by atoms with E-state index in [-0.39, 0.29) is 11.8 Å². The average molecular weight is 434 g/mol. The summed E-state index contributed by atoms with van der Waals surface area (Å²) in [5.41, 5.74) is 0. The molecule has 0 N–H and O–H groups in total. The van der Waals surface area contributed by atoms with Gasteiger partial charge in [-0.25, -0.2) is 0 Å². The van der Waals surface area contributed by atoms with Gasteiger partial charge >= 0.3 is 0 Å². The van der Waals surface area contributed by atoms with Crippen molar-refractivity contribution in [3.63, 3.8) is 0 Å². The first kappa shape index (κ1) is 21.8. The van der Waals surface area contributed by atoms with Crippen LogP contribution < -0.4 is 0 Å². The number of thiophene rings is 1. The van der Waals surface area contributed by atoms with Crippen LogP contribution >= 0.6 is 11.3 Å². The second kappa shape index (κ2) is 9.79. The Morgan fingerprint density at radius 2 is 1.63 bits per heavy atom. The van der Waals surface area contributed by atoms with Gasteiger partial charge in [-0.15, -0.1) is 11.3 Å². The molecule has 3 saturated heterocycles. The number of likely N-dealkylation sites (tertiary alicyclic amines) is 2. The fourth-order valence-corrected chi connectivity index (χ4v) is 5.97. The molecule has 0 bridgehead atoms. The standard InChI is InChI=1S/C23H35N3O3S/c1-17-14-24(15-18(2)29-17)16-19-5-9-25(10-6-19)22(27)20-7-11-26(12-8-20)23(28)21-4-3-13-30-21/h3-4,13,17-20H,5-12,14-16H2,1-2H3. The monoisotopic (exact) mass is 433 g/mol. The molecule has 3 fully saturated rings. The van der Waals surface area contributed by atoms with Crippen LogP contribution in [0.15, 0.2) is 17.5 Å². The molecule has 3 aliphatic heterocycles. The van der Waals surface area contributed by atoms with E-state index in [2.05, 4.69) is 23.6 Å². The fraction of sp³-hybridized carbons (Fsp3) is 0.739. The molecule has 2 atom stereocenters. The van der Waals surface area contributed by atoms with Crippen LogP contribution in [0, 0.1) is 11.8 Å². The molecule has 0 saturated carbocycles. The van der Waals surface area contributed by atoms with Gasteiger partial charge in [0.15, 0.2) is 0 Å². The SMILES string of the molecule is CC1CN(CC2CCN(C(=O)C3CCN(C(=O)c4cccs4)CC3)CC2)CC(C)O1. The van der Waals surface area contributed by atoms with E-state index in [0.717, 1.165) is 63.3 Å². The first-order chi connectivity index (χ1) is 14.5. The minimum Gasteiger partial charge on any atom is -0.373 e. The smallest absolute Gasteiger partial charge is 0.263 e. The third-order valence-corrected chi connectivity index (χ3v) is 7.66. The Kier molecular flexibility index (Phi) is 7.11. The Morgan fingerprint density at radius 3 is 2.23 bits per heavy atom. The molecule has 166 valence electrons. The summed E-state index contributed by atoms with van der Waals surface area (Å²) in [7, 11) is 0. The highest BCUT2D eigenvalue weighted by Gasteiger charge is 2.33. The quantitative estimate of drug-likeness (QED) is 0.733. The summed E-state index contributed by atoms with van der Waals surface area (Å²) in [6, 6.07) is 3.80. The lowest BCUT2D eigenvalue weighted by atomic mass is 9.91. The predicted molar refractivity (Wildman–Crippen MR) is 119 cm³/mol. The molecule has 4 heterocycles. The molecule has 0 aliphatic carbocycles. The summed E-state index contributed by atoms with van der Waals surface area (Å²) in [4.78, 5) is 32.9. The Bertz CT molecular complexity index is 699. The number of morpholine rings is 1. The normalized spacial score (nSPS) is 27.4. The van der Waals surface area contributed by atoms with E-state index >= 15 is 0 Å². The number of nitrogens with zero attached hydrogens (tertiary/aromatic N) is 3. The van der Waals surface area contributed by atoms with Gasteiger partial charge in [-0.3, -0.25) is 14.5 Å². The van der Waals surface area contributed by atoms with Crippen LogP contribution in [0.3, 0.4) is 0 Å². The maximum Gasteiger partial charge on any atom is 0.263 e. The van der Waals surface area contributed by atoms with E-state index in [1.54, 1.807) is 0 Å². The molecular weight excluding hydrogens is 398 g/mol. The van der Waals surface area contributed by atoms with E-state index < -0.39 is 0 Å². The second-order valence-corrected chi connectivity index (χ2v) is 10.2. The van der Waals surface area contributed by atoms with Crippen molar-refractivity contribution in [2.45, 2.75) is 51.7 Å². The molecule has 1 aromatic heterocycles. The molecular formula is C23H35N3O3S. The number of rotatable bonds is 4. The van der Waals surface area contributed by atoms with Crippen LogP contribution in [0.4, 0.5) is 0 Å². The van der Waals surface area contributed by atoms with E-state index in [1.807, 2.05) is 22.4 Å². The lowest BCUT2D eigenvalue weighted by Crippen LogP contribution is -2.50. The summed E-state index contributed by atoms with van der Waals surface area (Å²) in [5, 5.41) is 1.94. The molecule has 1 aromatic rings. The van der Waals surface area contributed by atoms with E-state index in [4.69, 9.17) is 4.74 Å². The van der Waals surface area contributed by atoms with Gasteiger partial charge in [0.2, 0.25) is 5.91 Å². The van der Waals surface area contributed by atoms with Gasteiger partial charge in [0.1, 0.15) is 0 Å². The molecule has 0 radical (unpaired) electrons. The topological polar surface area (TPSA) is 53.1 Å². The van der Waals surface area contributed by atoms with Crippen molar-refractivity contribution in [1.29, 1.82) is 0 Å². The summed E-state index contributed by atoms with van der Waals surface area (Å²) in [6.07, 6.45) is 4.41. The summed E-state index contributed by atoms with van der Waals surface area (Å²) in [6.45, 7) is 10.6. The van der Waals surface area contributed by atoms with Gasteiger partial charge in [-0.1, -0.05) is 6.07 Å². The van der Waals surface area contributed by atoms with Crippen molar-refractivity contribution < 1.29 is 14.3 Å². The van der Waals surface area contributed by atoms with Gasteiger partial charge in [0.25, 0.3) is 5.91 Å². The molecule has 4 rings (SSSR count). The first-order valence-electron chi connectivity index (χ1n) is 11.5. The zero-order valence-electron chi connectivity index (χ0n) is 18.3. The third-order valence-electron chi connectivity index (χ3n) is 6.80. The number of ether oxygens (including phenoxy) is 1. The molecule has 3 aliphatic rings. The van der Waals surface area contributed by atoms with Crippen LogP contribution in [-0.2, 0) is 9.53 Å². The number of hydrogen-bond donors (Lipinski definition) is 0. The number of amides is 2. The Hall–Kier alpha value is -1.44. The van der Waals surface area contributed by atoms with Gasteiger partial charge in [-0.05, 0) is 56.9 Å². The molecule has 0 aromatic carbocycles. The number of carbonyl (C=O) groups is 2. The predicted octanol–water partition coefficient (Wildman–Crippen LogP) is 2.95. The molecule has 0 spiro atoms. The zero-order chi connectivity index (χ0) is 21.1. The number of piperidine rings is 2. The lowest BCUT2D eigenvalue weighted by molar-refractivity contribution is -0.138. The molecule has 2 amide bonds. The van der Waals surface area contributed by atoms with Crippen molar-refractivity contribution >= 4 is 23.2 Å². The summed E-state index contributed by atoms with van der Waals surface area (Å²) >= 11 is 1.49. The van der Waals surface area contributed by atoms with E-state index in [9.17, 15) is 9.59 Å². The van der Waals surface area contributed by atoms with Gasteiger partial charge < -0.3 is 14.5 Å². The van der Waals surface area contributed by atoms with Crippen molar-refractivity contribution in [2.75, 3.05) is 45.8 Å². The van der Waals surface area contributed by atoms with Crippen LogP contribution in [-0.4, -0.2) is 84.5 Å². The second-order valence-electron chi connectivity index (χ2n) is 9.29. The van der Waals surface area contributed by atoms with E-state index in [0.29, 0.717) is 37.1 Å². The Labute approximate surface area is 184 Å². The highest BCUT2D eigenvalue weighted by atomic mass is 32.1. The highest BCUT2D eigenvalue weighted by Crippen LogP contribution is 2.26. The van der Waals surface area contributed by atoms with Crippen LogP contribution in [0.1, 0.15) is 49.2 Å².